The zero-order valence-corrected chi connectivity index (χ0v) is 12.7. The molecule has 1 aromatic heterocycles. The van der Waals surface area contributed by atoms with Gasteiger partial charge in [-0.25, -0.2) is 9.59 Å². The zero-order valence-electron chi connectivity index (χ0n) is 12.7. The third-order valence-corrected chi connectivity index (χ3v) is 3.33. The van der Waals surface area contributed by atoms with Crippen molar-refractivity contribution in [1.82, 2.24) is 0 Å². The topological polar surface area (TPSA) is 99.6 Å². The Morgan fingerprint density at radius 2 is 1.80 bits per heavy atom. The summed E-state index contributed by atoms with van der Waals surface area (Å²) in [6, 6.07) is 13.4. The van der Waals surface area contributed by atoms with E-state index in [0.717, 1.165) is 0 Å². The molecule has 3 aromatic rings. The molecule has 124 valence electrons. The van der Waals surface area contributed by atoms with Crippen molar-refractivity contribution in [3.05, 3.63) is 86.8 Å². The highest BCUT2D eigenvalue weighted by Gasteiger charge is 2.05. The second-order valence-electron chi connectivity index (χ2n) is 5.06. The summed E-state index contributed by atoms with van der Waals surface area (Å²) in [4.78, 5) is 33.2. The first kappa shape index (κ1) is 16.1. The van der Waals surface area contributed by atoms with Gasteiger partial charge in [0, 0.05) is 35.7 Å². The Labute approximate surface area is 140 Å². The number of non-ortho nitro benzene ring substituents is 1. The molecule has 25 heavy (non-hydrogen) atoms. The van der Waals surface area contributed by atoms with Crippen LogP contribution < -0.4 is 10.4 Å². The molecule has 0 aliphatic rings. The van der Waals surface area contributed by atoms with Crippen LogP contribution in [0.15, 0.2) is 69.9 Å². The number of nitrogens with zero attached hydrogens (tertiary/aromatic N) is 1. The molecule has 0 radical (unpaired) electrons. The molecule has 7 heteroatoms. The van der Waals surface area contributed by atoms with Crippen LogP contribution in [-0.4, -0.2) is 10.9 Å². The predicted molar refractivity (Wildman–Crippen MR) is 90.2 cm³/mol. The Bertz CT molecular complexity index is 1030. The van der Waals surface area contributed by atoms with Crippen LogP contribution in [-0.2, 0) is 4.79 Å². The predicted octanol–water partition coefficient (Wildman–Crippen LogP) is 3.32. The molecule has 0 aliphatic carbocycles. The van der Waals surface area contributed by atoms with Crippen molar-refractivity contribution in [3.63, 3.8) is 0 Å². The van der Waals surface area contributed by atoms with Crippen LogP contribution in [0.4, 0.5) is 5.69 Å². The van der Waals surface area contributed by atoms with Gasteiger partial charge in [-0.2, -0.15) is 0 Å². The summed E-state index contributed by atoms with van der Waals surface area (Å²) in [6.07, 6.45) is 2.68. The number of nitro groups is 1. The monoisotopic (exact) mass is 337 g/mol. The first-order valence-corrected chi connectivity index (χ1v) is 7.19. The molecule has 3 rings (SSSR count). The summed E-state index contributed by atoms with van der Waals surface area (Å²) in [5.74, 6) is -0.392. The number of ether oxygens (including phenoxy) is 1. The molecule has 0 atom stereocenters. The number of rotatable bonds is 4. The van der Waals surface area contributed by atoms with Crippen LogP contribution in [0.25, 0.3) is 17.0 Å². The fourth-order valence-electron chi connectivity index (χ4n) is 2.13. The third-order valence-electron chi connectivity index (χ3n) is 3.33. The minimum absolute atomic E-state index is 0.0302. The second-order valence-corrected chi connectivity index (χ2v) is 5.06. The molecule has 0 saturated heterocycles. The lowest BCUT2D eigenvalue weighted by atomic mass is 10.2. The minimum Gasteiger partial charge on any atom is -0.423 e. The van der Waals surface area contributed by atoms with E-state index in [4.69, 9.17) is 9.15 Å². The van der Waals surface area contributed by atoms with E-state index in [1.807, 2.05) is 0 Å². The lowest BCUT2D eigenvalue weighted by Crippen LogP contribution is -2.03. The van der Waals surface area contributed by atoms with Gasteiger partial charge in [0.2, 0.25) is 0 Å². The third kappa shape index (κ3) is 3.97. The fraction of sp³-hybridized carbons (Fsp3) is 0. The highest BCUT2D eigenvalue weighted by Crippen LogP contribution is 2.20. The smallest absolute Gasteiger partial charge is 0.336 e. The average molecular weight is 337 g/mol. The van der Waals surface area contributed by atoms with E-state index in [1.54, 1.807) is 18.2 Å². The molecule has 0 amide bonds. The van der Waals surface area contributed by atoms with Gasteiger partial charge in [-0.3, -0.25) is 10.1 Å². The van der Waals surface area contributed by atoms with Crippen molar-refractivity contribution in [2.45, 2.75) is 0 Å². The Morgan fingerprint density at radius 3 is 2.52 bits per heavy atom. The number of benzene rings is 2. The number of esters is 1. The average Bonchev–Trinajstić information content (AvgIpc) is 2.60. The van der Waals surface area contributed by atoms with Crippen LogP contribution >= 0.6 is 0 Å². The van der Waals surface area contributed by atoms with Gasteiger partial charge in [0.05, 0.1) is 4.92 Å². The molecule has 0 spiro atoms. The molecular weight excluding hydrogens is 326 g/mol. The van der Waals surface area contributed by atoms with Crippen LogP contribution in [0, 0.1) is 10.1 Å². The maximum atomic E-state index is 11.9. The molecule has 0 saturated carbocycles. The van der Waals surface area contributed by atoms with Gasteiger partial charge in [0.15, 0.2) is 0 Å². The highest BCUT2D eigenvalue weighted by atomic mass is 16.6. The van der Waals surface area contributed by atoms with Gasteiger partial charge in [0.1, 0.15) is 11.3 Å². The van der Waals surface area contributed by atoms with Gasteiger partial charge < -0.3 is 9.15 Å². The van der Waals surface area contributed by atoms with Crippen LogP contribution in [0.2, 0.25) is 0 Å². The number of hydrogen-bond acceptors (Lipinski definition) is 6. The van der Waals surface area contributed by atoms with Crippen molar-refractivity contribution in [3.8, 4) is 5.75 Å². The summed E-state index contributed by atoms with van der Waals surface area (Å²) in [6.45, 7) is 0. The Kier molecular flexibility index (Phi) is 4.38. The highest BCUT2D eigenvalue weighted by molar-refractivity contribution is 5.89. The molecule has 0 bridgehead atoms. The van der Waals surface area contributed by atoms with E-state index >= 15 is 0 Å². The number of fused-ring (bicyclic) bond motifs is 1. The summed E-state index contributed by atoms with van der Waals surface area (Å²) >= 11 is 0. The van der Waals surface area contributed by atoms with Crippen LogP contribution in [0.1, 0.15) is 5.56 Å². The molecule has 1 heterocycles. The van der Waals surface area contributed by atoms with Gasteiger partial charge in [0.25, 0.3) is 5.69 Å². The molecule has 2 aromatic carbocycles. The molecule has 0 aliphatic heterocycles. The van der Waals surface area contributed by atoms with E-state index in [2.05, 4.69) is 0 Å². The first-order valence-electron chi connectivity index (χ1n) is 7.19. The van der Waals surface area contributed by atoms with E-state index in [-0.39, 0.29) is 11.4 Å². The molecule has 0 fully saturated rings. The van der Waals surface area contributed by atoms with Crippen LogP contribution in [0.5, 0.6) is 5.75 Å². The number of carbonyl (C=O) groups excluding carboxylic acids is 1. The lowest BCUT2D eigenvalue weighted by Gasteiger charge is -2.02. The fourth-order valence-corrected chi connectivity index (χ4v) is 2.13. The largest absolute Gasteiger partial charge is 0.423 e. The zero-order chi connectivity index (χ0) is 17.8. The van der Waals surface area contributed by atoms with E-state index in [0.29, 0.717) is 16.5 Å². The van der Waals surface area contributed by atoms with Gasteiger partial charge in [-0.1, -0.05) is 0 Å². The number of nitro benzene ring substituents is 1. The summed E-state index contributed by atoms with van der Waals surface area (Å²) in [5, 5.41) is 11.3. The van der Waals surface area contributed by atoms with Crippen molar-refractivity contribution >= 4 is 28.7 Å². The van der Waals surface area contributed by atoms with Gasteiger partial charge in [-0.15, -0.1) is 0 Å². The standard InChI is InChI=1S/C18H11NO6/c20-17(9-3-12-1-6-14(7-2-12)19(22)23)24-15-8-4-13-5-10-18(21)25-16(13)11-15/h1-11H/b9-3+. The van der Waals surface area contributed by atoms with Gasteiger partial charge >= 0.3 is 11.6 Å². The SMILES string of the molecule is O=C(/C=C/c1ccc([N+](=O)[O-])cc1)Oc1ccc2ccc(=O)oc2c1. The Morgan fingerprint density at radius 1 is 1.08 bits per heavy atom. The molecule has 0 N–H and O–H groups in total. The summed E-state index contributed by atoms with van der Waals surface area (Å²) in [7, 11) is 0. The minimum atomic E-state index is -0.629. The summed E-state index contributed by atoms with van der Waals surface area (Å²) < 4.78 is 10.2. The van der Waals surface area contributed by atoms with Crippen molar-refractivity contribution in [2.24, 2.45) is 0 Å². The van der Waals surface area contributed by atoms with Gasteiger partial charge in [-0.05, 0) is 42.0 Å². The normalized spacial score (nSPS) is 10.9. The molecule has 7 nitrogen and oxygen atoms in total. The Hall–Kier alpha value is -3.74. The number of hydrogen-bond donors (Lipinski definition) is 0. The second kappa shape index (κ2) is 6.79. The van der Waals surface area contributed by atoms with Crippen molar-refractivity contribution in [2.75, 3.05) is 0 Å². The maximum Gasteiger partial charge on any atom is 0.336 e. The molecule has 0 unspecified atom stereocenters. The lowest BCUT2D eigenvalue weighted by molar-refractivity contribution is -0.384. The van der Waals surface area contributed by atoms with Crippen LogP contribution in [0.3, 0.4) is 0 Å². The maximum absolute atomic E-state index is 11.9. The molecular formula is C18H11NO6. The van der Waals surface area contributed by atoms with E-state index < -0.39 is 16.5 Å². The number of carbonyl (C=O) groups is 1. The van der Waals surface area contributed by atoms with Crippen molar-refractivity contribution in [1.29, 1.82) is 0 Å². The Balaban J connectivity index is 1.71. The quantitative estimate of drug-likeness (QED) is 0.181. The van der Waals surface area contributed by atoms with Crippen molar-refractivity contribution < 1.29 is 18.9 Å². The van der Waals surface area contributed by atoms with E-state index in [1.165, 1.54) is 48.6 Å². The van der Waals surface area contributed by atoms with E-state index in [9.17, 15) is 19.7 Å². The first-order chi connectivity index (χ1) is 12.0. The summed E-state index contributed by atoms with van der Waals surface area (Å²) in [5.41, 5.74) is 0.413.